The molecule has 3 heterocycles. The Morgan fingerprint density at radius 1 is 1.39 bits per heavy atom. The first-order valence-corrected chi connectivity index (χ1v) is 9.01. The maximum Gasteiger partial charge on any atom is 0.237 e. The van der Waals surface area contributed by atoms with Crippen LogP contribution < -0.4 is 10.6 Å². The van der Waals surface area contributed by atoms with Crippen molar-refractivity contribution >= 4 is 17.2 Å². The molecule has 2 atom stereocenters. The average Bonchev–Trinajstić information content (AvgIpc) is 3.21. The van der Waals surface area contributed by atoms with Crippen LogP contribution in [0.2, 0.25) is 0 Å². The van der Waals surface area contributed by atoms with Gasteiger partial charge >= 0.3 is 0 Å². The lowest BCUT2D eigenvalue weighted by molar-refractivity contribution is -0.123. The molecule has 0 fully saturated rings. The van der Waals surface area contributed by atoms with Gasteiger partial charge in [0.15, 0.2) is 0 Å². The molecule has 0 bridgehead atoms. The Morgan fingerprint density at radius 3 is 3.04 bits per heavy atom. The van der Waals surface area contributed by atoms with Crippen LogP contribution in [0.3, 0.4) is 0 Å². The summed E-state index contributed by atoms with van der Waals surface area (Å²) in [5.74, 6) is 2.00. The summed E-state index contributed by atoms with van der Waals surface area (Å²) in [6.45, 7) is 5.47. The summed E-state index contributed by atoms with van der Waals surface area (Å²) >= 11 is 1.65. The van der Waals surface area contributed by atoms with Gasteiger partial charge in [0, 0.05) is 17.8 Å². The number of aryl methyl sites for hydroxylation is 1. The molecular formula is C16H23N5OS. The van der Waals surface area contributed by atoms with Crippen LogP contribution in [0.4, 0.5) is 0 Å². The van der Waals surface area contributed by atoms with Crippen LogP contribution in [0.1, 0.15) is 49.3 Å². The minimum atomic E-state index is -0.276. The number of hydrogen-bond acceptors (Lipinski definition) is 5. The summed E-state index contributed by atoms with van der Waals surface area (Å²) in [7, 11) is 0. The lowest BCUT2D eigenvalue weighted by Crippen LogP contribution is -2.43. The van der Waals surface area contributed by atoms with Crippen LogP contribution in [0.25, 0.3) is 0 Å². The molecule has 1 aliphatic rings. The zero-order chi connectivity index (χ0) is 16.2. The molecular weight excluding hydrogens is 310 g/mol. The Hall–Kier alpha value is -1.73. The molecule has 1 aliphatic heterocycles. The second-order valence-corrected chi connectivity index (χ2v) is 7.02. The van der Waals surface area contributed by atoms with Gasteiger partial charge in [-0.3, -0.25) is 10.1 Å². The van der Waals surface area contributed by atoms with Crippen molar-refractivity contribution < 1.29 is 4.79 Å². The van der Waals surface area contributed by atoms with Crippen molar-refractivity contribution in [1.29, 1.82) is 0 Å². The highest BCUT2D eigenvalue weighted by molar-refractivity contribution is 7.09. The number of hydrogen-bond donors (Lipinski definition) is 2. The first-order chi connectivity index (χ1) is 11.1. The van der Waals surface area contributed by atoms with Gasteiger partial charge in [-0.15, -0.1) is 21.5 Å². The predicted molar refractivity (Wildman–Crippen MR) is 90.1 cm³/mol. The molecule has 0 aliphatic carbocycles. The largest absolute Gasteiger partial charge is 0.350 e. The quantitative estimate of drug-likeness (QED) is 0.848. The Kier molecular flexibility index (Phi) is 5.07. The first kappa shape index (κ1) is 16.1. The molecule has 2 aromatic rings. The third-order valence-corrected chi connectivity index (χ3v) is 5.06. The number of amides is 1. The lowest BCUT2D eigenvalue weighted by atomic mass is 10.1. The van der Waals surface area contributed by atoms with Gasteiger partial charge in [-0.05, 0) is 38.1 Å². The molecule has 7 heteroatoms. The molecule has 6 nitrogen and oxygen atoms in total. The Labute approximate surface area is 140 Å². The maximum atomic E-state index is 12.2. The minimum absolute atomic E-state index is 0.00293. The van der Waals surface area contributed by atoms with Gasteiger partial charge in [-0.25, -0.2) is 0 Å². The van der Waals surface area contributed by atoms with Crippen molar-refractivity contribution in [1.82, 2.24) is 25.4 Å². The van der Waals surface area contributed by atoms with E-state index in [9.17, 15) is 4.79 Å². The van der Waals surface area contributed by atoms with Gasteiger partial charge in [0.25, 0.3) is 0 Å². The van der Waals surface area contributed by atoms with Crippen molar-refractivity contribution in [2.45, 2.75) is 58.3 Å². The highest BCUT2D eigenvalue weighted by atomic mass is 32.1. The average molecular weight is 333 g/mol. The minimum Gasteiger partial charge on any atom is -0.350 e. The van der Waals surface area contributed by atoms with Gasteiger partial charge in [0.2, 0.25) is 5.91 Å². The van der Waals surface area contributed by atoms with E-state index in [1.165, 1.54) is 12.8 Å². The van der Waals surface area contributed by atoms with Crippen molar-refractivity contribution in [2.75, 3.05) is 0 Å². The number of aromatic nitrogens is 3. The summed E-state index contributed by atoms with van der Waals surface area (Å²) in [4.78, 5) is 13.4. The molecule has 1 amide bonds. The number of rotatable bonds is 6. The molecule has 23 heavy (non-hydrogen) atoms. The second-order valence-electron chi connectivity index (χ2n) is 5.99. The molecule has 2 unspecified atom stereocenters. The normalized spacial score (nSPS) is 16.6. The van der Waals surface area contributed by atoms with Crippen LogP contribution in [0, 0.1) is 0 Å². The predicted octanol–water partition coefficient (Wildman–Crippen LogP) is 2.03. The van der Waals surface area contributed by atoms with Crippen molar-refractivity contribution in [3.63, 3.8) is 0 Å². The summed E-state index contributed by atoms with van der Waals surface area (Å²) in [5, 5.41) is 16.9. The van der Waals surface area contributed by atoms with Crippen LogP contribution >= 0.6 is 11.3 Å². The third kappa shape index (κ3) is 3.79. The highest BCUT2D eigenvalue weighted by Gasteiger charge is 2.23. The fourth-order valence-corrected chi connectivity index (χ4v) is 3.56. The summed E-state index contributed by atoms with van der Waals surface area (Å²) in [6, 6.07) is 3.73. The Balaban J connectivity index is 1.55. The van der Waals surface area contributed by atoms with E-state index in [1.54, 1.807) is 11.3 Å². The molecule has 0 radical (unpaired) electrons. The van der Waals surface area contributed by atoms with Crippen LogP contribution in [0.5, 0.6) is 0 Å². The summed E-state index contributed by atoms with van der Waals surface area (Å²) < 4.78 is 2.19. The van der Waals surface area contributed by atoms with E-state index in [0.29, 0.717) is 6.54 Å². The molecule has 0 saturated carbocycles. The molecule has 2 N–H and O–H groups in total. The summed E-state index contributed by atoms with van der Waals surface area (Å²) in [6.07, 6.45) is 3.35. The van der Waals surface area contributed by atoms with E-state index < -0.39 is 0 Å². The zero-order valence-corrected chi connectivity index (χ0v) is 14.4. The SMILES string of the molecule is CC(NC(C)c1nnc2n1CCCC2)C(=O)NCc1cccs1. The monoisotopic (exact) mass is 333 g/mol. The fraction of sp³-hybridized carbons (Fsp3) is 0.562. The lowest BCUT2D eigenvalue weighted by Gasteiger charge is -2.21. The van der Waals surface area contributed by atoms with Gasteiger partial charge in [-0.2, -0.15) is 0 Å². The van der Waals surface area contributed by atoms with E-state index in [2.05, 4.69) is 25.4 Å². The van der Waals surface area contributed by atoms with Gasteiger partial charge in [0.1, 0.15) is 11.6 Å². The fourth-order valence-electron chi connectivity index (χ4n) is 2.92. The molecule has 3 rings (SSSR count). The van der Waals surface area contributed by atoms with Crippen LogP contribution in [-0.2, 0) is 24.3 Å². The van der Waals surface area contributed by atoms with Gasteiger partial charge in [0.05, 0.1) is 18.6 Å². The van der Waals surface area contributed by atoms with Crippen molar-refractivity contribution in [3.8, 4) is 0 Å². The molecule has 2 aromatic heterocycles. The van der Waals surface area contributed by atoms with E-state index in [4.69, 9.17) is 0 Å². The Morgan fingerprint density at radius 2 is 2.26 bits per heavy atom. The number of carbonyl (C=O) groups excluding carboxylic acids is 1. The van der Waals surface area contributed by atoms with Gasteiger partial charge < -0.3 is 9.88 Å². The van der Waals surface area contributed by atoms with Crippen LogP contribution in [0.15, 0.2) is 17.5 Å². The molecule has 0 saturated heterocycles. The number of thiophene rings is 1. The highest BCUT2D eigenvalue weighted by Crippen LogP contribution is 2.19. The summed E-state index contributed by atoms with van der Waals surface area (Å²) in [5.41, 5.74) is 0. The van der Waals surface area contributed by atoms with Gasteiger partial charge in [-0.1, -0.05) is 6.07 Å². The van der Waals surface area contributed by atoms with E-state index in [1.807, 2.05) is 31.4 Å². The Bertz CT molecular complexity index is 651. The number of nitrogens with one attached hydrogen (secondary N) is 2. The van der Waals surface area contributed by atoms with E-state index >= 15 is 0 Å². The molecule has 0 spiro atoms. The standard InChI is InChI=1S/C16H23N5OS/c1-11(15-20-19-14-7-3-4-8-21(14)15)18-12(2)16(22)17-10-13-6-5-9-23-13/h5-6,9,11-12,18H,3-4,7-8,10H2,1-2H3,(H,17,22). The number of carbonyl (C=O) groups is 1. The zero-order valence-electron chi connectivity index (χ0n) is 13.6. The second kappa shape index (κ2) is 7.23. The van der Waals surface area contributed by atoms with E-state index in [-0.39, 0.29) is 18.0 Å². The number of fused-ring (bicyclic) bond motifs is 1. The first-order valence-electron chi connectivity index (χ1n) is 8.13. The van der Waals surface area contributed by atoms with Crippen molar-refractivity contribution in [3.05, 3.63) is 34.0 Å². The molecule has 0 aromatic carbocycles. The third-order valence-electron chi connectivity index (χ3n) is 4.19. The number of nitrogens with zero attached hydrogens (tertiary/aromatic N) is 3. The smallest absolute Gasteiger partial charge is 0.237 e. The van der Waals surface area contributed by atoms with Crippen LogP contribution in [-0.4, -0.2) is 26.7 Å². The maximum absolute atomic E-state index is 12.2. The van der Waals surface area contributed by atoms with Crippen molar-refractivity contribution in [2.24, 2.45) is 0 Å². The topological polar surface area (TPSA) is 71.8 Å². The van der Waals surface area contributed by atoms with E-state index in [0.717, 1.165) is 29.5 Å². The molecule has 124 valence electrons.